The van der Waals surface area contributed by atoms with Crippen LogP contribution >= 0.6 is 0 Å². The van der Waals surface area contributed by atoms with Crippen LogP contribution in [0.3, 0.4) is 0 Å². The van der Waals surface area contributed by atoms with E-state index in [1.165, 1.54) is 18.2 Å². The lowest BCUT2D eigenvalue weighted by Crippen LogP contribution is -2.35. The number of rotatable bonds is 6. The Balaban J connectivity index is 2.80. The van der Waals surface area contributed by atoms with Crippen LogP contribution < -0.4 is 4.74 Å². The smallest absolute Gasteiger partial charge is 0.480 e. The standard InChI is InChI=1S/C13H16F3NO3/c1-9(2)17(8-12(18)19)7-10-4-3-5-11(6-10)20-13(14,15)16/h3-6,9H,7-8H2,1-2H3,(H,18,19). The Morgan fingerprint density at radius 3 is 2.55 bits per heavy atom. The van der Waals surface area contributed by atoms with Gasteiger partial charge in [0.15, 0.2) is 0 Å². The Labute approximate surface area is 114 Å². The highest BCUT2D eigenvalue weighted by Crippen LogP contribution is 2.24. The van der Waals surface area contributed by atoms with Gasteiger partial charge in [-0.05, 0) is 31.5 Å². The van der Waals surface area contributed by atoms with Crippen LogP contribution in [0.2, 0.25) is 0 Å². The molecule has 0 aromatic heterocycles. The molecule has 0 unspecified atom stereocenters. The number of hydrogen-bond acceptors (Lipinski definition) is 3. The topological polar surface area (TPSA) is 49.8 Å². The first-order chi connectivity index (χ1) is 9.17. The van der Waals surface area contributed by atoms with Crippen molar-refractivity contribution in [1.29, 1.82) is 0 Å². The van der Waals surface area contributed by atoms with Crippen LogP contribution in [0.5, 0.6) is 5.75 Å². The Hall–Kier alpha value is -1.76. The highest BCUT2D eigenvalue weighted by Gasteiger charge is 2.31. The number of carboxylic acids is 1. The minimum atomic E-state index is -4.74. The molecule has 7 heteroatoms. The second-order valence-corrected chi connectivity index (χ2v) is 4.59. The number of carbonyl (C=O) groups is 1. The van der Waals surface area contributed by atoms with E-state index in [9.17, 15) is 18.0 Å². The molecule has 4 nitrogen and oxygen atoms in total. The Kier molecular flexibility index (Phi) is 5.38. The summed E-state index contributed by atoms with van der Waals surface area (Å²) in [5.74, 6) is -1.30. The molecule has 0 saturated heterocycles. The first kappa shape index (κ1) is 16.3. The summed E-state index contributed by atoms with van der Waals surface area (Å²) in [6.07, 6.45) is -4.74. The van der Waals surface area contributed by atoms with Crippen LogP contribution in [0.25, 0.3) is 0 Å². The molecule has 0 atom stereocenters. The molecule has 20 heavy (non-hydrogen) atoms. The van der Waals surface area contributed by atoms with E-state index in [1.807, 2.05) is 13.8 Å². The minimum Gasteiger partial charge on any atom is -0.480 e. The maximum Gasteiger partial charge on any atom is 0.573 e. The van der Waals surface area contributed by atoms with Gasteiger partial charge in [0.1, 0.15) is 5.75 Å². The van der Waals surface area contributed by atoms with Crippen LogP contribution in [-0.2, 0) is 11.3 Å². The summed E-state index contributed by atoms with van der Waals surface area (Å²) in [4.78, 5) is 12.4. The van der Waals surface area contributed by atoms with E-state index < -0.39 is 12.3 Å². The van der Waals surface area contributed by atoms with Crippen LogP contribution in [0.1, 0.15) is 19.4 Å². The van der Waals surface area contributed by atoms with Gasteiger partial charge in [0.2, 0.25) is 0 Å². The second-order valence-electron chi connectivity index (χ2n) is 4.59. The van der Waals surface area contributed by atoms with Gasteiger partial charge in [0.05, 0.1) is 6.54 Å². The summed E-state index contributed by atoms with van der Waals surface area (Å²) >= 11 is 0. The molecule has 0 amide bonds. The summed E-state index contributed by atoms with van der Waals surface area (Å²) in [6.45, 7) is 3.69. The largest absolute Gasteiger partial charge is 0.573 e. The van der Waals surface area contributed by atoms with Crippen LogP contribution in [0, 0.1) is 0 Å². The SMILES string of the molecule is CC(C)N(CC(=O)O)Cc1cccc(OC(F)(F)F)c1. The number of aliphatic carboxylic acids is 1. The average molecular weight is 291 g/mol. The third-order valence-electron chi connectivity index (χ3n) is 2.59. The van der Waals surface area contributed by atoms with Crippen molar-refractivity contribution in [3.8, 4) is 5.75 Å². The zero-order valence-electron chi connectivity index (χ0n) is 11.1. The molecule has 0 aliphatic heterocycles. The highest BCUT2D eigenvalue weighted by molar-refractivity contribution is 5.69. The van der Waals surface area contributed by atoms with Gasteiger partial charge in [-0.15, -0.1) is 13.2 Å². The normalized spacial score (nSPS) is 11.9. The van der Waals surface area contributed by atoms with Crippen molar-refractivity contribution >= 4 is 5.97 Å². The molecule has 0 aliphatic carbocycles. The lowest BCUT2D eigenvalue weighted by Gasteiger charge is -2.24. The van der Waals surface area contributed by atoms with Crippen LogP contribution in [-0.4, -0.2) is 34.9 Å². The summed E-state index contributed by atoms with van der Waals surface area (Å²) in [5, 5.41) is 8.80. The molecular formula is C13H16F3NO3. The second kappa shape index (κ2) is 6.60. The monoisotopic (exact) mass is 291 g/mol. The molecule has 0 radical (unpaired) electrons. The molecule has 1 rings (SSSR count). The molecule has 1 aromatic rings. The number of halogens is 3. The zero-order chi connectivity index (χ0) is 15.3. The fraction of sp³-hybridized carbons (Fsp3) is 0.462. The summed E-state index contributed by atoms with van der Waals surface area (Å²) < 4.78 is 40.2. The third kappa shape index (κ3) is 5.92. The molecule has 1 aromatic carbocycles. The first-order valence-corrected chi connectivity index (χ1v) is 5.98. The van der Waals surface area contributed by atoms with E-state index >= 15 is 0 Å². The summed E-state index contributed by atoms with van der Waals surface area (Å²) in [7, 11) is 0. The van der Waals surface area contributed by atoms with Gasteiger partial charge in [-0.1, -0.05) is 12.1 Å². The lowest BCUT2D eigenvalue weighted by molar-refractivity contribution is -0.274. The molecule has 0 fully saturated rings. The third-order valence-corrected chi connectivity index (χ3v) is 2.59. The van der Waals surface area contributed by atoms with Gasteiger partial charge >= 0.3 is 12.3 Å². The van der Waals surface area contributed by atoms with Crippen molar-refractivity contribution in [3.63, 3.8) is 0 Å². The van der Waals surface area contributed by atoms with Crippen LogP contribution in [0.15, 0.2) is 24.3 Å². The lowest BCUT2D eigenvalue weighted by atomic mass is 10.2. The number of alkyl halides is 3. The number of benzene rings is 1. The zero-order valence-corrected chi connectivity index (χ0v) is 11.1. The highest BCUT2D eigenvalue weighted by atomic mass is 19.4. The molecule has 0 aliphatic rings. The van der Waals surface area contributed by atoms with Crippen molar-refractivity contribution in [1.82, 2.24) is 4.90 Å². The maximum atomic E-state index is 12.1. The van der Waals surface area contributed by atoms with Gasteiger partial charge < -0.3 is 9.84 Å². The molecule has 112 valence electrons. The number of hydrogen-bond donors (Lipinski definition) is 1. The van der Waals surface area contributed by atoms with E-state index in [2.05, 4.69) is 4.74 Å². The molecule has 0 heterocycles. The van der Waals surface area contributed by atoms with Gasteiger partial charge in [0.25, 0.3) is 0 Å². The Morgan fingerprint density at radius 1 is 1.40 bits per heavy atom. The fourth-order valence-electron chi connectivity index (χ4n) is 1.67. The van der Waals surface area contributed by atoms with E-state index in [4.69, 9.17) is 5.11 Å². The van der Waals surface area contributed by atoms with Crippen molar-refractivity contribution in [2.24, 2.45) is 0 Å². The molecule has 0 spiro atoms. The van der Waals surface area contributed by atoms with Crippen molar-refractivity contribution in [2.45, 2.75) is 32.8 Å². The van der Waals surface area contributed by atoms with Gasteiger partial charge in [0, 0.05) is 12.6 Å². The summed E-state index contributed by atoms with van der Waals surface area (Å²) in [5.41, 5.74) is 0.557. The van der Waals surface area contributed by atoms with E-state index in [0.717, 1.165) is 0 Å². The minimum absolute atomic E-state index is 0.0432. The number of carboxylic acid groups (broad SMARTS) is 1. The quantitative estimate of drug-likeness (QED) is 0.875. The predicted molar refractivity (Wildman–Crippen MR) is 66.3 cm³/mol. The molecule has 0 saturated carbocycles. The molecule has 0 bridgehead atoms. The Bertz CT molecular complexity index is 460. The van der Waals surface area contributed by atoms with E-state index in [-0.39, 0.29) is 24.9 Å². The van der Waals surface area contributed by atoms with Crippen LogP contribution in [0.4, 0.5) is 13.2 Å². The maximum absolute atomic E-state index is 12.1. The molecule has 1 N–H and O–H groups in total. The van der Waals surface area contributed by atoms with E-state index in [1.54, 1.807) is 11.0 Å². The predicted octanol–water partition coefficient (Wildman–Crippen LogP) is 2.88. The summed E-state index contributed by atoms with van der Waals surface area (Å²) in [6, 6.07) is 5.48. The number of ether oxygens (including phenoxy) is 1. The van der Waals surface area contributed by atoms with Crippen molar-refractivity contribution in [3.05, 3.63) is 29.8 Å². The fourth-order valence-corrected chi connectivity index (χ4v) is 1.67. The first-order valence-electron chi connectivity index (χ1n) is 5.98. The molecular weight excluding hydrogens is 275 g/mol. The number of nitrogens with zero attached hydrogens (tertiary/aromatic N) is 1. The average Bonchev–Trinajstić information content (AvgIpc) is 2.25. The Morgan fingerprint density at radius 2 is 2.05 bits per heavy atom. The van der Waals surface area contributed by atoms with Gasteiger partial charge in [-0.2, -0.15) is 0 Å². The van der Waals surface area contributed by atoms with Gasteiger partial charge in [-0.25, -0.2) is 0 Å². The van der Waals surface area contributed by atoms with E-state index in [0.29, 0.717) is 5.56 Å². The van der Waals surface area contributed by atoms with Gasteiger partial charge in [-0.3, -0.25) is 9.69 Å². The van der Waals surface area contributed by atoms with Crippen molar-refractivity contribution < 1.29 is 27.8 Å². The van der Waals surface area contributed by atoms with Crippen molar-refractivity contribution in [2.75, 3.05) is 6.54 Å².